The summed E-state index contributed by atoms with van der Waals surface area (Å²) in [5.74, 6) is 0.896. The average molecular weight is 342 g/mol. The van der Waals surface area contributed by atoms with Gasteiger partial charge < -0.3 is 10.1 Å². The van der Waals surface area contributed by atoms with Crippen molar-refractivity contribution in [1.82, 2.24) is 4.98 Å². The quantitative estimate of drug-likeness (QED) is 0.749. The minimum Gasteiger partial charge on any atom is -0.497 e. The SMILES string of the molecule is COc1cccc(C2C3=C(CCC3=O)Nc3ccc4cccnc4c32)c1. The number of methoxy groups -OCH3 is 1. The molecule has 0 radical (unpaired) electrons. The van der Waals surface area contributed by atoms with E-state index in [4.69, 9.17) is 4.74 Å². The molecule has 3 aromatic rings. The molecule has 2 heterocycles. The second-order valence-corrected chi connectivity index (χ2v) is 6.75. The zero-order chi connectivity index (χ0) is 17.7. The summed E-state index contributed by atoms with van der Waals surface area (Å²) in [6, 6.07) is 16.2. The van der Waals surface area contributed by atoms with Gasteiger partial charge in [-0.15, -0.1) is 0 Å². The molecular formula is C22H18N2O2. The van der Waals surface area contributed by atoms with Crippen LogP contribution in [0.5, 0.6) is 5.75 Å². The van der Waals surface area contributed by atoms with Gasteiger partial charge in [-0.05, 0) is 36.2 Å². The number of carbonyl (C=O) groups is 1. The Morgan fingerprint density at radius 3 is 2.92 bits per heavy atom. The van der Waals surface area contributed by atoms with E-state index in [1.54, 1.807) is 7.11 Å². The van der Waals surface area contributed by atoms with Crippen molar-refractivity contribution in [2.24, 2.45) is 0 Å². The van der Waals surface area contributed by atoms with Crippen LogP contribution in [-0.4, -0.2) is 17.9 Å². The van der Waals surface area contributed by atoms with Crippen LogP contribution < -0.4 is 10.1 Å². The topological polar surface area (TPSA) is 51.2 Å². The van der Waals surface area contributed by atoms with E-state index in [9.17, 15) is 4.79 Å². The highest BCUT2D eigenvalue weighted by molar-refractivity contribution is 6.05. The van der Waals surface area contributed by atoms with E-state index in [1.807, 2.05) is 30.5 Å². The number of fused-ring (bicyclic) bond motifs is 3. The maximum atomic E-state index is 12.7. The van der Waals surface area contributed by atoms with Crippen LogP contribution in [0.2, 0.25) is 0 Å². The number of nitrogens with one attached hydrogen (secondary N) is 1. The number of hydrogen-bond donors (Lipinski definition) is 1. The van der Waals surface area contributed by atoms with E-state index in [0.717, 1.165) is 51.2 Å². The number of ether oxygens (including phenoxy) is 1. The summed E-state index contributed by atoms with van der Waals surface area (Å²) in [4.78, 5) is 17.4. The van der Waals surface area contributed by atoms with E-state index in [0.29, 0.717) is 6.42 Å². The fourth-order valence-electron chi connectivity index (χ4n) is 4.17. The van der Waals surface area contributed by atoms with Crippen LogP contribution >= 0.6 is 0 Å². The van der Waals surface area contributed by atoms with Gasteiger partial charge in [-0.1, -0.05) is 24.3 Å². The van der Waals surface area contributed by atoms with Crippen molar-refractivity contribution >= 4 is 22.4 Å². The number of aromatic nitrogens is 1. The lowest BCUT2D eigenvalue weighted by Gasteiger charge is -2.29. The van der Waals surface area contributed by atoms with E-state index >= 15 is 0 Å². The van der Waals surface area contributed by atoms with E-state index in [1.165, 1.54) is 0 Å². The third kappa shape index (κ3) is 2.15. The molecule has 0 fully saturated rings. The number of pyridine rings is 1. The number of allylic oxidation sites excluding steroid dienone is 2. The summed E-state index contributed by atoms with van der Waals surface area (Å²) in [6.07, 6.45) is 3.15. The Kier molecular flexibility index (Phi) is 3.32. The minimum atomic E-state index is -0.120. The van der Waals surface area contributed by atoms with Crippen molar-refractivity contribution in [2.75, 3.05) is 12.4 Å². The molecule has 4 nitrogen and oxygen atoms in total. The van der Waals surface area contributed by atoms with Crippen molar-refractivity contribution in [1.29, 1.82) is 0 Å². The fraction of sp³-hybridized carbons (Fsp3) is 0.182. The summed E-state index contributed by atoms with van der Waals surface area (Å²) in [5.41, 5.74) is 6.04. The van der Waals surface area contributed by atoms with Gasteiger partial charge in [0.05, 0.1) is 12.6 Å². The molecule has 1 N–H and O–H groups in total. The van der Waals surface area contributed by atoms with Gasteiger partial charge in [-0.2, -0.15) is 0 Å². The van der Waals surface area contributed by atoms with E-state index in [-0.39, 0.29) is 11.7 Å². The first kappa shape index (κ1) is 15.1. The number of anilines is 1. The molecule has 0 saturated carbocycles. The van der Waals surface area contributed by atoms with Gasteiger partial charge in [-0.3, -0.25) is 9.78 Å². The lowest BCUT2D eigenvalue weighted by molar-refractivity contribution is -0.115. The molecule has 0 saturated heterocycles. The van der Waals surface area contributed by atoms with Gasteiger partial charge in [0.25, 0.3) is 0 Å². The van der Waals surface area contributed by atoms with Gasteiger partial charge in [0.1, 0.15) is 5.75 Å². The number of nitrogens with zero attached hydrogens (tertiary/aromatic N) is 1. The van der Waals surface area contributed by atoms with Gasteiger partial charge >= 0.3 is 0 Å². The summed E-state index contributed by atoms with van der Waals surface area (Å²) in [5, 5.41) is 4.58. The van der Waals surface area contributed by atoms with Gasteiger partial charge in [0.2, 0.25) is 0 Å². The van der Waals surface area contributed by atoms with Crippen LogP contribution in [0, 0.1) is 0 Å². The Balaban J connectivity index is 1.82. The second-order valence-electron chi connectivity index (χ2n) is 6.75. The van der Waals surface area contributed by atoms with Crippen LogP contribution in [0.15, 0.2) is 66.0 Å². The molecule has 1 aliphatic carbocycles. The van der Waals surface area contributed by atoms with Gasteiger partial charge in [0, 0.05) is 46.4 Å². The number of rotatable bonds is 2. The van der Waals surface area contributed by atoms with E-state index < -0.39 is 0 Å². The molecule has 1 atom stereocenters. The second kappa shape index (κ2) is 5.70. The van der Waals surface area contributed by atoms with Crippen LogP contribution in [0.1, 0.15) is 29.9 Å². The highest BCUT2D eigenvalue weighted by Crippen LogP contribution is 2.48. The van der Waals surface area contributed by atoms with Crippen LogP contribution in [-0.2, 0) is 4.79 Å². The lowest BCUT2D eigenvalue weighted by Crippen LogP contribution is -2.20. The molecule has 26 heavy (non-hydrogen) atoms. The van der Waals surface area contributed by atoms with Crippen molar-refractivity contribution in [2.45, 2.75) is 18.8 Å². The molecule has 0 spiro atoms. The average Bonchev–Trinajstić information content (AvgIpc) is 3.06. The van der Waals surface area contributed by atoms with Crippen molar-refractivity contribution in [3.8, 4) is 5.75 Å². The molecule has 0 bridgehead atoms. The molecule has 4 heteroatoms. The number of benzene rings is 2. The van der Waals surface area contributed by atoms with Crippen molar-refractivity contribution < 1.29 is 9.53 Å². The van der Waals surface area contributed by atoms with Gasteiger partial charge in [-0.25, -0.2) is 0 Å². The number of ketones is 1. The molecule has 128 valence electrons. The minimum absolute atomic E-state index is 0.120. The Hall–Kier alpha value is -3.14. The number of carbonyl (C=O) groups excluding carboxylic acids is 1. The smallest absolute Gasteiger partial charge is 0.161 e. The standard InChI is InChI=1S/C22H18N2O2/c1-26-15-6-2-4-14(12-15)19-20-16(9-10-18(20)25)24-17-8-7-13-5-3-11-23-22(13)21(17)19/h2-8,11-12,19,24H,9-10H2,1H3. The third-order valence-electron chi connectivity index (χ3n) is 5.33. The van der Waals surface area contributed by atoms with Crippen LogP contribution in [0.25, 0.3) is 10.9 Å². The molecule has 0 amide bonds. The maximum Gasteiger partial charge on any atom is 0.161 e. The van der Waals surface area contributed by atoms with Crippen LogP contribution in [0.3, 0.4) is 0 Å². The third-order valence-corrected chi connectivity index (χ3v) is 5.33. The zero-order valence-electron chi connectivity index (χ0n) is 14.5. The molecular weight excluding hydrogens is 324 g/mol. The molecule has 1 aliphatic heterocycles. The first-order valence-electron chi connectivity index (χ1n) is 8.81. The predicted molar refractivity (Wildman–Crippen MR) is 101 cm³/mol. The maximum absolute atomic E-state index is 12.7. The Morgan fingerprint density at radius 2 is 2.04 bits per heavy atom. The Labute approximate surface area is 151 Å². The lowest BCUT2D eigenvalue weighted by atomic mass is 9.79. The summed E-state index contributed by atoms with van der Waals surface area (Å²) in [6.45, 7) is 0. The first-order valence-corrected chi connectivity index (χ1v) is 8.81. The first-order chi connectivity index (χ1) is 12.8. The molecule has 5 rings (SSSR count). The largest absolute Gasteiger partial charge is 0.497 e. The molecule has 2 aliphatic rings. The summed E-state index contributed by atoms with van der Waals surface area (Å²) >= 11 is 0. The zero-order valence-corrected chi connectivity index (χ0v) is 14.5. The fourth-order valence-corrected chi connectivity index (χ4v) is 4.17. The monoisotopic (exact) mass is 342 g/mol. The van der Waals surface area contributed by atoms with Gasteiger partial charge in [0.15, 0.2) is 5.78 Å². The Morgan fingerprint density at radius 1 is 1.12 bits per heavy atom. The Bertz CT molecular complexity index is 1080. The van der Waals surface area contributed by atoms with Crippen molar-refractivity contribution in [3.05, 3.63) is 77.1 Å². The number of Topliss-reactive ketones (excluding diaryl/α,β-unsaturated/α-hetero) is 1. The highest BCUT2D eigenvalue weighted by Gasteiger charge is 2.37. The normalized spacial score (nSPS) is 18.5. The molecule has 2 aromatic carbocycles. The van der Waals surface area contributed by atoms with Crippen molar-refractivity contribution in [3.63, 3.8) is 0 Å². The van der Waals surface area contributed by atoms with E-state index in [2.05, 4.69) is 34.6 Å². The molecule has 1 unspecified atom stereocenters. The summed E-state index contributed by atoms with van der Waals surface area (Å²) in [7, 11) is 1.66. The number of hydrogen-bond acceptors (Lipinski definition) is 4. The summed E-state index contributed by atoms with van der Waals surface area (Å²) < 4.78 is 5.43. The van der Waals surface area contributed by atoms with Crippen LogP contribution in [0.4, 0.5) is 5.69 Å². The highest BCUT2D eigenvalue weighted by atomic mass is 16.5. The molecule has 1 aromatic heterocycles. The predicted octanol–water partition coefficient (Wildman–Crippen LogP) is 4.42.